The lowest BCUT2D eigenvalue weighted by Gasteiger charge is -2.25. The van der Waals surface area contributed by atoms with E-state index in [0.29, 0.717) is 34.4 Å². The fourth-order valence-electron chi connectivity index (χ4n) is 3.67. The van der Waals surface area contributed by atoms with E-state index >= 15 is 0 Å². The van der Waals surface area contributed by atoms with Crippen LogP contribution in [0.4, 0.5) is 5.69 Å². The van der Waals surface area contributed by atoms with E-state index in [2.05, 4.69) is 0 Å². The molecule has 1 N–H and O–H groups in total. The van der Waals surface area contributed by atoms with E-state index in [0.717, 1.165) is 0 Å². The number of ether oxygens (including phenoxy) is 1. The van der Waals surface area contributed by atoms with Gasteiger partial charge in [0, 0.05) is 16.8 Å². The summed E-state index contributed by atoms with van der Waals surface area (Å²) in [6.07, 6.45) is 0.705. The molecule has 0 aliphatic carbocycles. The summed E-state index contributed by atoms with van der Waals surface area (Å²) >= 11 is 0. The molecule has 154 valence electrons. The second-order valence-corrected chi connectivity index (χ2v) is 7.02. The average Bonchev–Trinajstić information content (AvgIpc) is 3.09. The standard InChI is InChI=1S/C25H19NO5/c1-31-20-13-9-18(10-14-20)23(28)21-22(17-5-3-2-4-6-17)26(25(30)24(21)29)19-11-7-16(15-27)8-12-19/h2-15,22,28H,1H3/b23-21-. The molecule has 6 nitrogen and oxygen atoms in total. The lowest BCUT2D eigenvalue weighted by atomic mass is 9.95. The van der Waals surface area contributed by atoms with Crippen molar-refractivity contribution in [2.24, 2.45) is 0 Å². The molecule has 1 saturated heterocycles. The van der Waals surface area contributed by atoms with Crippen molar-refractivity contribution in [3.8, 4) is 5.75 Å². The molecule has 1 unspecified atom stereocenters. The first kappa shape index (κ1) is 20.1. The molecule has 3 aromatic rings. The molecule has 1 amide bonds. The Bertz CT molecular complexity index is 1160. The first-order valence-corrected chi connectivity index (χ1v) is 9.60. The average molecular weight is 413 g/mol. The van der Waals surface area contributed by atoms with Gasteiger partial charge in [-0.15, -0.1) is 0 Å². The highest BCUT2D eigenvalue weighted by molar-refractivity contribution is 6.51. The minimum Gasteiger partial charge on any atom is -0.507 e. The van der Waals surface area contributed by atoms with Crippen molar-refractivity contribution < 1.29 is 24.2 Å². The lowest BCUT2D eigenvalue weighted by molar-refractivity contribution is -0.132. The number of hydrogen-bond donors (Lipinski definition) is 1. The number of methoxy groups -OCH3 is 1. The predicted octanol–water partition coefficient (Wildman–Crippen LogP) is 4.13. The largest absolute Gasteiger partial charge is 0.507 e. The molecular formula is C25H19NO5. The number of aldehydes is 1. The van der Waals surface area contributed by atoms with Crippen LogP contribution >= 0.6 is 0 Å². The molecule has 0 radical (unpaired) electrons. The van der Waals surface area contributed by atoms with Crippen LogP contribution in [0.3, 0.4) is 0 Å². The second kappa shape index (κ2) is 8.28. The Morgan fingerprint density at radius 3 is 2.16 bits per heavy atom. The van der Waals surface area contributed by atoms with Gasteiger partial charge in [0.2, 0.25) is 0 Å². The first-order chi connectivity index (χ1) is 15.0. The Morgan fingerprint density at radius 1 is 0.935 bits per heavy atom. The number of carbonyl (C=O) groups excluding carboxylic acids is 3. The van der Waals surface area contributed by atoms with Gasteiger partial charge in [0.15, 0.2) is 0 Å². The van der Waals surface area contributed by atoms with E-state index < -0.39 is 17.7 Å². The number of nitrogens with zero attached hydrogens (tertiary/aromatic N) is 1. The Balaban J connectivity index is 1.89. The molecule has 0 saturated carbocycles. The van der Waals surface area contributed by atoms with Crippen LogP contribution in [0.5, 0.6) is 5.75 Å². The number of Topliss-reactive ketones (excluding diaryl/α,β-unsaturated/α-hetero) is 1. The normalized spacial score (nSPS) is 17.6. The number of carbonyl (C=O) groups is 3. The summed E-state index contributed by atoms with van der Waals surface area (Å²) in [6, 6.07) is 21.2. The van der Waals surface area contributed by atoms with Gasteiger partial charge in [-0.05, 0) is 54.1 Å². The van der Waals surface area contributed by atoms with Crippen molar-refractivity contribution in [3.05, 3.63) is 101 Å². The molecule has 0 aromatic heterocycles. The topological polar surface area (TPSA) is 83.9 Å². The number of aliphatic hydroxyl groups excluding tert-OH is 1. The van der Waals surface area contributed by atoms with Gasteiger partial charge in [0.1, 0.15) is 17.8 Å². The number of rotatable bonds is 5. The van der Waals surface area contributed by atoms with E-state index in [1.807, 2.05) is 6.07 Å². The molecule has 6 heteroatoms. The van der Waals surface area contributed by atoms with Crippen LogP contribution in [-0.4, -0.2) is 30.2 Å². The van der Waals surface area contributed by atoms with E-state index in [1.54, 1.807) is 72.8 Å². The summed E-state index contributed by atoms with van der Waals surface area (Å²) in [7, 11) is 1.53. The van der Waals surface area contributed by atoms with Crippen molar-refractivity contribution in [2.75, 3.05) is 12.0 Å². The monoisotopic (exact) mass is 413 g/mol. The Labute approximate surface area is 179 Å². The van der Waals surface area contributed by atoms with E-state index in [4.69, 9.17) is 4.74 Å². The van der Waals surface area contributed by atoms with Crippen molar-refractivity contribution in [3.63, 3.8) is 0 Å². The number of amides is 1. The van der Waals surface area contributed by atoms with Gasteiger partial charge in [-0.25, -0.2) is 0 Å². The quantitative estimate of drug-likeness (QED) is 0.294. The van der Waals surface area contributed by atoms with Crippen molar-refractivity contribution >= 4 is 29.4 Å². The smallest absolute Gasteiger partial charge is 0.300 e. The molecule has 0 bridgehead atoms. The van der Waals surface area contributed by atoms with E-state index in [1.165, 1.54) is 12.0 Å². The van der Waals surface area contributed by atoms with Crippen LogP contribution in [0.25, 0.3) is 5.76 Å². The molecule has 31 heavy (non-hydrogen) atoms. The summed E-state index contributed by atoms with van der Waals surface area (Å²) in [5.74, 6) is -1.18. The van der Waals surface area contributed by atoms with Gasteiger partial charge in [-0.1, -0.05) is 30.3 Å². The maximum absolute atomic E-state index is 13.0. The third kappa shape index (κ3) is 3.59. The highest BCUT2D eigenvalue weighted by atomic mass is 16.5. The number of aliphatic hydroxyl groups is 1. The number of ketones is 1. The lowest BCUT2D eigenvalue weighted by Crippen LogP contribution is -2.29. The molecule has 1 atom stereocenters. The van der Waals surface area contributed by atoms with Gasteiger partial charge in [-0.2, -0.15) is 0 Å². The third-order valence-corrected chi connectivity index (χ3v) is 5.23. The van der Waals surface area contributed by atoms with Crippen LogP contribution in [0.15, 0.2) is 84.4 Å². The van der Waals surface area contributed by atoms with Crippen molar-refractivity contribution in [2.45, 2.75) is 6.04 Å². The third-order valence-electron chi connectivity index (χ3n) is 5.23. The van der Waals surface area contributed by atoms with Crippen molar-refractivity contribution in [1.82, 2.24) is 0 Å². The zero-order valence-corrected chi connectivity index (χ0v) is 16.7. The Morgan fingerprint density at radius 2 is 1.58 bits per heavy atom. The Hall–Kier alpha value is -4.19. The summed E-state index contributed by atoms with van der Waals surface area (Å²) in [4.78, 5) is 38.4. The maximum Gasteiger partial charge on any atom is 0.300 e. The molecule has 1 aliphatic rings. The number of hydrogen-bond acceptors (Lipinski definition) is 5. The number of anilines is 1. The first-order valence-electron chi connectivity index (χ1n) is 9.60. The molecule has 3 aromatic carbocycles. The molecule has 1 fully saturated rings. The fraction of sp³-hybridized carbons (Fsp3) is 0.0800. The van der Waals surface area contributed by atoms with Crippen LogP contribution in [0.2, 0.25) is 0 Å². The highest BCUT2D eigenvalue weighted by Crippen LogP contribution is 2.42. The molecule has 1 heterocycles. The van der Waals surface area contributed by atoms with Gasteiger partial charge >= 0.3 is 0 Å². The van der Waals surface area contributed by atoms with Gasteiger partial charge < -0.3 is 9.84 Å². The van der Waals surface area contributed by atoms with E-state index in [-0.39, 0.29) is 11.3 Å². The predicted molar refractivity (Wildman–Crippen MR) is 116 cm³/mol. The molecule has 0 spiro atoms. The van der Waals surface area contributed by atoms with Gasteiger partial charge in [0.05, 0.1) is 18.7 Å². The minimum absolute atomic E-state index is 0.000769. The van der Waals surface area contributed by atoms with Crippen LogP contribution in [-0.2, 0) is 9.59 Å². The molecular weight excluding hydrogens is 394 g/mol. The zero-order valence-electron chi connectivity index (χ0n) is 16.7. The summed E-state index contributed by atoms with van der Waals surface area (Å²) in [5, 5.41) is 11.0. The molecule has 4 rings (SSSR count). The summed E-state index contributed by atoms with van der Waals surface area (Å²) in [6.45, 7) is 0. The van der Waals surface area contributed by atoms with Gasteiger partial charge in [-0.3, -0.25) is 19.3 Å². The van der Waals surface area contributed by atoms with Crippen LogP contribution in [0, 0.1) is 0 Å². The molecule has 1 aliphatic heterocycles. The summed E-state index contributed by atoms with van der Waals surface area (Å²) < 4.78 is 5.15. The second-order valence-electron chi connectivity index (χ2n) is 7.02. The SMILES string of the molecule is COc1ccc(/C(O)=C2/C(=O)C(=O)N(c3ccc(C=O)cc3)C2c2ccccc2)cc1. The minimum atomic E-state index is -0.814. The zero-order chi connectivity index (χ0) is 22.0. The fourth-order valence-corrected chi connectivity index (χ4v) is 3.67. The van der Waals surface area contributed by atoms with E-state index in [9.17, 15) is 19.5 Å². The van der Waals surface area contributed by atoms with Crippen LogP contribution in [0.1, 0.15) is 27.5 Å². The summed E-state index contributed by atoms with van der Waals surface area (Å²) in [5.41, 5.74) is 1.98. The van der Waals surface area contributed by atoms with Gasteiger partial charge in [0.25, 0.3) is 11.7 Å². The Kier molecular flexibility index (Phi) is 5.37. The maximum atomic E-state index is 13.0. The van der Waals surface area contributed by atoms with Crippen LogP contribution < -0.4 is 9.64 Å². The number of benzene rings is 3. The highest BCUT2D eigenvalue weighted by Gasteiger charge is 2.46. The van der Waals surface area contributed by atoms with Crippen molar-refractivity contribution in [1.29, 1.82) is 0 Å².